The Morgan fingerprint density at radius 3 is 2.24 bits per heavy atom. The Bertz CT molecular complexity index is 324. The Kier molecular flexibility index (Phi) is 7.75. The second-order valence-electron chi connectivity index (χ2n) is 6.43. The highest BCUT2D eigenvalue weighted by atomic mass is 35.5. The molecule has 0 aliphatic carbocycles. The summed E-state index contributed by atoms with van der Waals surface area (Å²) >= 11 is 0. The number of piperidine rings is 1. The third-order valence-corrected chi connectivity index (χ3v) is 5.18. The lowest BCUT2D eigenvalue weighted by molar-refractivity contribution is -0.152. The van der Waals surface area contributed by atoms with Crippen LogP contribution in [0.4, 0.5) is 0 Å². The van der Waals surface area contributed by atoms with Gasteiger partial charge in [0.15, 0.2) is 0 Å². The minimum Gasteiger partial charge on any atom is -0.462 e. The van der Waals surface area contributed by atoms with Crippen LogP contribution in [0.2, 0.25) is 0 Å². The highest BCUT2D eigenvalue weighted by Crippen LogP contribution is 2.35. The molecule has 0 N–H and O–H groups in total. The summed E-state index contributed by atoms with van der Waals surface area (Å²) in [5.74, 6) is 0.0147. The molecular formula is C15H28Cl2N2O2. The van der Waals surface area contributed by atoms with Crippen molar-refractivity contribution in [1.82, 2.24) is 9.80 Å². The predicted molar refractivity (Wildman–Crippen MR) is 88.5 cm³/mol. The number of rotatable bonds is 4. The lowest BCUT2D eigenvalue weighted by Crippen LogP contribution is -2.43. The second-order valence-corrected chi connectivity index (χ2v) is 6.43. The maximum Gasteiger partial charge on any atom is 0.307 e. The number of nitrogens with zero attached hydrogens (tertiary/aromatic N) is 2. The molecule has 3 aliphatic rings. The third-order valence-electron chi connectivity index (χ3n) is 5.18. The van der Waals surface area contributed by atoms with Gasteiger partial charge in [-0.2, -0.15) is 0 Å². The van der Waals surface area contributed by atoms with E-state index in [0.29, 0.717) is 18.5 Å². The molecular weight excluding hydrogens is 311 g/mol. The molecule has 3 heterocycles. The fourth-order valence-electron chi connectivity index (χ4n) is 3.96. The Morgan fingerprint density at radius 2 is 1.67 bits per heavy atom. The molecule has 3 rings (SSSR count). The molecule has 0 aromatic heterocycles. The summed E-state index contributed by atoms with van der Waals surface area (Å²) in [5, 5.41) is 0. The molecule has 21 heavy (non-hydrogen) atoms. The van der Waals surface area contributed by atoms with Crippen LogP contribution in [0.5, 0.6) is 0 Å². The van der Waals surface area contributed by atoms with Gasteiger partial charge in [0.25, 0.3) is 0 Å². The Balaban J connectivity index is 0.00000110. The van der Waals surface area contributed by atoms with Crippen LogP contribution >= 0.6 is 24.8 Å². The van der Waals surface area contributed by atoms with Crippen LogP contribution in [0.25, 0.3) is 0 Å². The Morgan fingerprint density at radius 1 is 1.10 bits per heavy atom. The van der Waals surface area contributed by atoms with E-state index in [2.05, 4.69) is 16.8 Å². The first-order chi connectivity index (χ1) is 9.22. The molecule has 0 aromatic carbocycles. The average Bonchev–Trinajstić information content (AvgIpc) is 2.95. The molecule has 3 aliphatic heterocycles. The van der Waals surface area contributed by atoms with Crippen LogP contribution < -0.4 is 0 Å². The van der Waals surface area contributed by atoms with E-state index in [-0.39, 0.29) is 36.9 Å². The van der Waals surface area contributed by atoms with Crippen molar-refractivity contribution in [2.24, 2.45) is 0 Å². The number of carbonyl (C=O) groups is 1. The Labute approximate surface area is 140 Å². The van der Waals surface area contributed by atoms with Gasteiger partial charge in [0.05, 0.1) is 6.42 Å². The largest absolute Gasteiger partial charge is 0.462 e. The van der Waals surface area contributed by atoms with Crippen molar-refractivity contribution >= 4 is 30.8 Å². The van der Waals surface area contributed by atoms with E-state index < -0.39 is 0 Å². The SMILES string of the molecule is CN1[C@@H]2CC[C@H]1CC(OC(=O)CCN1CCCC1)C2.Cl.Cl. The number of hydrogen-bond acceptors (Lipinski definition) is 4. The highest BCUT2D eigenvalue weighted by molar-refractivity contribution is 5.85. The summed E-state index contributed by atoms with van der Waals surface area (Å²) in [5.41, 5.74) is 0. The van der Waals surface area contributed by atoms with Gasteiger partial charge in [0.1, 0.15) is 6.10 Å². The van der Waals surface area contributed by atoms with E-state index in [4.69, 9.17) is 4.74 Å². The van der Waals surface area contributed by atoms with Crippen molar-refractivity contribution < 1.29 is 9.53 Å². The second kappa shape index (κ2) is 8.56. The smallest absolute Gasteiger partial charge is 0.307 e. The predicted octanol–water partition coefficient (Wildman–Crippen LogP) is 2.48. The molecule has 1 unspecified atom stereocenters. The van der Waals surface area contributed by atoms with E-state index in [1.54, 1.807) is 0 Å². The number of hydrogen-bond donors (Lipinski definition) is 0. The van der Waals surface area contributed by atoms with Crippen LogP contribution in [-0.4, -0.2) is 60.6 Å². The Hall–Kier alpha value is -0.0300. The van der Waals surface area contributed by atoms with Crippen LogP contribution in [0.1, 0.15) is 44.9 Å². The van der Waals surface area contributed by atoms with Crippen molar-refractivity contribution in [1.29, 1.82) is 0 Å². The molecule has 0 saturated carbocycles. The minimum absolute atomic E-state index is 0. The molecule has 0 aromatic rings. The number of ether oxygens (including phenoxy) is 1. The standard InChI is InChI=1S/C15H26N2O2.2ClH/c1-16-12-4-5-13(16)11-14(10-12)19-15(18)6-9-17-7-2-3-8-17;;/h12-14H,2-11H2,1H3;2*1H/t12-,13+,14?;;. The van der Waals surface area contributed by atoms with Crippen molar-refractivity contribution in [3.05, 3.63) is 0 Å². The van der Waals surface area contributed by atoms with E-state index in [0.717, 1.165) is 32.5 Å². The van der Waals surface area contributed by atoms with Crippen LogP contribution in [0.3, 0.4) is 0 Å². The quantitative estimate of drug-likeness (QED) is 0.737. The topological polar surface area (TPSA) is 32.8 Å². The molecule has 0 radical (unpaired) electrons. The first-order valence-electron chi connectivity index (χ1n) is 7.86. The first-order valence-corrected chi connectivity index (χ1v) is 7.86. The summed E-state index contributed by atoms with van der Waals surface area (Å²) in [7, 11) is 2.22. The molecule has 4 nitrogen and oxygen atoms in total. The third kappa shape index (κ3) is 4.72. The van der Waals surface area contributed by atoms with Gasteiger partial charge in [-0.1, -0.05) is 0 Å². The molecule has 2 bridgehead atoms. The number of fused-ring (bicyclic) bond motifs is 2. The normalized spacial score (nSPS) is 32.3. The zero-order valence-electron chi connectivity index (χ0n) is 12.8. The van der Waals surface area contributed by atoms with E-state index >= 15 is 0 Å². The lowest BCUT2D eigenvalue weighted by atomic mass is 10.0. The maximum absolute atomic E-state index is 11.9. The fraction of sp³-hybridized carbons (Fsp3) is 0.933. The van der Waals surface area contributed by atoms with Gasteiger partial charge in [-0.15, -0.1) is 24.8 Å². The van der Waals surface area contributed by atoms with Gasteiger partial charge in [-0.3, -0.25) is 4.79 Å². The minimum atomic E-state index is 0. The van der Waals surface area contributed by atoms with Gasteiger partial charge in [0.2, 0.25) is 0 Å². The molecule has 3 atom stereocenters. The molecule has 6 heteroatoms. The monoisotopic (exact) mass is 338 g/mol. The zero-order chi connectivity index (χ0) is 13.2. The molecule has 3 fully saturated rings. The number of esters is 1. The van der Waals surface area contributed by atoms with Crippen LogP contribution in [-0.2, 0) is 9.53 Å². The van der Waals surface area contributed by atoms with Crippen molar-refractivity contribution in [3.63, 3.8) is 0 Å². The van der Waals surface area contributed by atoms with Crippen LogP contribution in [0.15, 0.2) is 0 Å². The van der Waals surface area contributed by atoms with Crippen LogP contribution in [0, 0.1) is 0 Å². The number of likely N-dealkylation sites (tertiary alicyclic amines) is 1. The van der Waals surface area contributed by atoms with Gasteiger partial charge < -0.3 is 14.5 Å². The summed E-state index contributed by atoms with van der Waals surface area (Å²) in [4.78, 5) is 16.8. The van der Waals surface area contributed by atoms with E-state index in [1.165, 1.54) is 25.7 Å². The van der Waals surface area contributed by atoms with Crippen molar-refractivity contribution in [2.45, 2.75) is 63.1 Å². The zero-order valence-corrected chi connectivity index (χ0v) is 14.5. The summed E-state index contributed by atoms with van der Waals surface area (Å²) in [6.45, 7) is 3.20. The lowest BCUT2D eigenvalue weighted by Gasteiger charge is -2.35. The van der Waals surface area contributed by atoms with Crippen molar-refractivity contribution in [3.8, 4) is 0 Å². The average molecular weight is 339 g/mol. The van der Waals surface area contributed by atoms with E-state index in [1.807, 2.05) is 0 Å². The summed E-state index contributed by atoms with van der Waals surface area (Å²) < 4.78 is 5.69. The molecule has 0 spiro atoms. The molecule has 3 saturated heterocycles. The number of halogens is 2. The van der Waals surface area contributed by atoms with Gasteiger partial charge >= 0.3 is 5.97 Å². The van der Waals surface area contributed by atoms with Crippen molar-refractivity contribution in [2.75, 3.05) is 26.7 Å². The van der Waals surface area contributed by atoms with Gasteiger partial charge in [0, 0.05) is 18.6 Å². The molecule has 124 valence electrons. The maximum atomic E-state index is 11.9. The van der Waals surface area contributed by atoms with Gasteiger partial charge in [-0.05, 0) is 58.7 Å². The van der Waals surface area contributed by atoms with Gasteiger partial charge in [-0.25, -0.2) is 0 Å². The fourth-order valence-corrected chi connectivity index (χ4v) is 3.96. The molecule has 0 amide bonds. The summed E-state index contributed by atoms with van der Waals surface area (Å²) in [6.07, 6.45) is 7.97. The summed E-state index contributed by atoms with van der Waals surface area (Å²) in [6, 6.07) is 1.30. The number of carbonyl (C=O) groups excluding carboxylic acids is 1. The first kappa shape index (κ1) is 19.0. The van der Waals surface area contributed by atoms with E-state index in [9.17, 15) is 4.79 Å². The highest BCUT2D eigenvalue weighted by Gasteiger charge is 2.39.